The molecule has 0 bridgehead atoms. The highest BCUT2D eigenvalue weighted by atomic mass is 32.2. The van der Waals surface area contributed by atoms with Crippen molar-refractivity contribution in [3.8, 4) is 5.75 Å². The highest BCUT2D eigenvalue weighted by molar-refractivity contribution is 7.98. The van der Waals surface area contributed by atoms with Crippen molar-refractivity contribution in [3.05, 3.63) is 23.8 Å². The van der Waals surface area contributed by atoms with Crippen LogP contribution in [0.1, 0.15) is 33.3 Å². The number of thiocarbonyl (C=S) groups is 1. The molecule has 0 saturated heterocycles. The molecule has 2 N–H and O–H groups in total. The summed E-state index contributed by atoms with van der Waals surface area (Å²) in [5, 5.41) is 0. The molecule has 0 unspecified atom stereocenters. The second kappa shape index (κ2) is 8.61. The number of nitrogens with two attached hydrogens (primary N) is 1. The van der Waals surface area contributed by atoms with Gasteiger partial charge in [0.2, 0.25) is 0 Å². The quantitative estimate of drug-likeness (QED) is 0.584. The van der Waals surface area contributed by atoms with Gasteiger partial charge in [0.05, 0.1) is 5.56 Å². The van der Waals surface area contributed by atoms with E-state index >= 15 is 0 Å². The summed E-state index contributed by atoms with van der Waals surface area (Å²) in [4.78, 5) is 3.85. The van der Waals surface area contributed by atoms with Crippen molar-refractivity contribution in [3.63, 3.8) is 0 Å². The third-order valence-corrected chi connectivity index (χ3v) is 4.37. The first-order valence-corrected chi connectivity index (χ1v) is 8.87. The maximum atomic E-state index is 5.95. The number of thioether (sulfide) groups is 1. The van der Waals surface area contributed by atoms with Gasteiger partial charge in [-0.15, -0.1) is 11.8 Å². The summed E-state index contributed by atoms with van der Waals surface area (Å²) in [6.07, 6.45) is 2.01. The monoisotopic (exact) mass is 326 g/mol. The molecule has 1 aromatic rings. The highest BCUT2D eigenvalue weighted by Crippen LogP contribution is 2.28. The lowest BCUT2D eigenvalue weighted by Gasteiger charge is -2.30. The lowest BCUT2D eigenvalue weighted by atomic mass is 10.2. The molecule has 3 nitrogen and oxygen atoms in total. The Hall–Kier alpha value is -0.780. The Morgan fingerprint density at radius 3 is 2.38 bits per heavy atom. The van der Waals surface area contributed by atoms with Crippen molar-refractivity contribution in [2.75, 3.05) is 19.4 Å². The smallest absolute Gasteiger partial charge is 0.130 e. The Bertz CT molecular complexity index is 467. The topological polar surface area (TPSA) is 38.5 Å². The minimum Gasteiger partial charge on any atom is -0.491 e. The zero-order chi connectivity index (χ0) is 16.0. The lowest BCUT2D eigenvalue weighted by Crippen LogP contribution is -2.39. The molecule has 0 aliphatic carbocycles. The standard InChI is InChI=1S/C16H26N2OS2/c1-11(2)18(12(3)4)9-10-19-13-7-6-8-14(21-5)15(13)16(17)20/h6-8,11-12H,9-10H2,1-5H3,(H2,17,20). The third-order valence-electron chi connectivity index (χ3n) is 3.39. The highest BCUT2D eigenvalue weighted by Gasteiger charge is 2.15. The van der Waals surface area contributed by atoms with Gasteiger partial charge in [-0.25, -0.2) is 0 Å². The molecule has 0 aliphatic heterocycles. The fourth-order valence-electron chi connectivity index (χ4n) is 2.42. The van der Waals surface area contributed by atoms with E-state index in [4.69, 9.17) is 22.7 Å². The molecule has 0 aliphatic rings. The Kier molecular flexibility index (Phi) is 7.49. The third kappa shape index (κ3) is 5.16. The SMILES string of the molecule is CSc1cccc(OCCN(C(C)C)C(C)C)c1C(N)=S. The van der Waals surface area contributed by atoms with E-state index in [2.05, 4.69) is 32.6 Å². The van der Waals surface area contributed by atoms with Gasteiger partial charge in [0.1, 0.15) is 17.3 Å². The molecule has 0 radical (unpaired) electrons. The van der Waals surface area contributed by atoms with Crippen LogP contribution in [-0.2, 0) is 0 Å². The number of hydrogen-bond donors (Lipinski definition) is 1. The van der Waals surface area contributed by atoms with Crippen LogP contribution in [-0.4, -0.2) is 41.4 Å². The molecule has 21 heavy (non-hydrogen) atoms. The molecule has 0 amide bonds. The summed E-state index contributed by atoms with van der Waals surface area (Å²) in [7, 11) is 0. The van der Waals surface area contributed by atoms with Crippen LogP contribution in [0, 0.1) is 0 Å². The Balaban J connectivity index is 2.78. The number of benzene rings is 1. The van der Waals surface area contributed by atoms with Gasteiger partial charge in [-0.3, -0.25) is 4.90 Å². The zero-order valence-electron chi connectivity index (χ0n) is 13.6. The van der Waals surface area contributed by atoms with Gasteiger partial charge in [0, 0.05) is 23.5 Å². The van der Waals surface area contributed by atoms with Gasteiger partial charge in [-0.05, 0) is 46.1 Å². The second-order valence-electron chi connectivity index (χ2n) is 5.47. The van der Waals surface area contributed by atoms with Crippen molar-refractivity contribution in [2.45, 2.75) is 44.7 Å². The van der Waals surface area contributed by atoms with E-state index in [0.717, 1.165) is 22.8 Å². The largest absolute Gasteiger partial charge is 0.491 e. The molecule has 1 rings (SSSR count). The van der Waals surface area contributed by atoms with Crippen LogP contribution in [0.15, 0.2) is 23.1 Å². The van der Waals surface area contributed by atoms with Crippen molar-refractivity contribution in [1.29, 1.82) is 0 Å². The first-order chi connectivity index (χ1) is 9.88. The fraction of sp³-hybridized carbons (Fsp3) is 0.562. The summed E-state index contributed by atoms with van der Waals surface area (Å²) in [5.74, 6) is 0.779. The van der Waals surface area contributed by atoms with E-state index in [0.29, 0.717) is 23.7 Å². The summed E-state index contributed by atoms with van der Waals surface area (Å²) in [6, 6.07) is 6.93. The minimum absolute atomic E-state index is 0.388. The lowest BCUT2D eigenvalue weighted by molar-refractivity contribution is 0.142. The molecule has 0 aromatic heterocycles. The summed E-state index contributed by atoms with van der Waals surface area (Å²) in [5.41, 5.74) is 6.69. The summed E-state index contributed by atoms with van der Waals surface area (Å²) < 4.78 is 5.95. The van der Waals surface area contributed by atoms with Gasteiger partial charge in [0.15, 0.2) is 0 Å². The predicted octanol–water partition coefficient (Wildman–Crippen LogP) is 3.54. The number of ether oxygens (including phenoxy) is 1. The van der Waals surface area contributed by atoms with E-state index in [1.54, 1.807) is 11.8 Å². The van der Waals surface area contributed by atoms with Gasteiger partial charge < -0.3 is 10.5 Å². The molecular weight excluding hydrogens is 300 g/mol. The summed E-state index contributed by atoms with van der Waals surface area (Å²) in [6.45, 7) is 10.3. The van der Waals surface area contributed by atoms with Crippen LogP contribution in [0.25, 0.3) is 0 Å². The van der Waals surface area contributed by atoms with Gasteiger partial charge in [-0.1, -0.05) is 18.3 Å². The molecule has 118 valence electrons. The van der Waals surface area contributed by atoms with Crippen molar-refractivity contribution in [1.82, 2.24) is 4.90 Å². The van der Waals surface area contributed by atoms with Crippen LogP contribution in [0.5, 0.6) is 5.75 Å². The molecule has 5 heteroatoms. The Morgan fingerprint density at radius 2 is 1.90 bits per heavy atom. The maximum Gasteiger partial charge on any atom is 0.130 e. The average Bonchev–Trinajstić information content (AvgIpc) is 2.41. The van der Waals surface area contributed by atoms with Gasteiger partial charge >= 0.3 is 0 Å². The number of rotatable bonds is 8. The van der Waals surface area contributed by atoms with Crippen LogP contribution >= 0.6 is 24.0 Å². The van der Waals surface area contributed by atoms with Gasteiger partial charge in [-0.2, -0.15) is 0 Å². The molecular formula is C16H26N2OS2. The normalized spacial score (nSPS) is 11.4. The Morgan fingerprint density at radius 1 is 1.29 bits per heavy atom. The molecule has 0 heterocycles. The maximum absolute atomic E-state index is 5.95. The van der Waals surface area contributed by atoms with Crippen LogP contribution in [0.2, 0.25) is 0 Å². The molecule has 0 fully saturated rings. The molecule has 0 atom stereocenters. The Labute approximate surface area is 138 Å². The second-order valence-corrected chi connectivity index (χ2v) is 6.76. The zero-order valence-corrected chi connectivity index (χ0v) is 15.2. The van der Waals surface area contributed by atoms with E-state index < -0.39 is 0 Å². The van der Waals surface area contributed by atoms with Crippen molar-refractivity contribution < 1.29 is 4.74 Å². The fourth-order valence-corrected chi connectivity index (χ4v) is 3.32. The average molecular weight is 327 g/mol. The van der Waals surface area contributed by atoms with Crippen LogP contribution in [0.3, 0.4) is 0 Å². The number of hydrogen-bond acceptors (Lipinski definition) is 4. The van der Waals surface area contributed by atoms with Crippen molar-refractivity contribution >= 4 is 29.0 Å². The number of nitrogens with zero attached hydrogens (tertiary/aromatic N) is 1. The molecule has 1 aromatic carbocycles. The van der Waals surface area contributed by atoms with Crippen LogP contribution < -0.4 is 10.5 Å². The minimum atomic E-state index is 0.388. The van der Waals surface area contributed by atoms with E-state index in [1.807, 2.05) is 24.5 Å². The van der Waals surface area contributed by atoms with Crippen molar-refractivity contribution in [2.24, 2.45) is 5.73 Å². The van der Waals surface area contributed by atoms with Gasteiger partial charge in [0.25, 0.3) is 0 Å². The predicted molar refractivity (Wildman–Crippen MR) is 96.6 cm³/mol. The van der Waals surface area contributed by atoms with Crippen LogP contribution in [0.4, 0.5) is 0 Å². The van der Waals surface area contributed by atoms with E-state index in [1.165, 1.54) is 0 Å². The first-order valence-electron chi connectivity index (χ1n) is 7.23. The first kappa shape index (κ1) is 18.3. The summed E-state index contributed by atoms with van der Waals surface area (Å²) >= 11 is 6.79. The van der Waals surface area contributed by atoms with E-state index in [-0.39, 0.29) is 0 Å². The van der Waals surface area contributed by atoms with E-state index in [9.17, 15) is 0 Å². The molecule has 0 saturated carbocycles. The molecule has 0 spiro atoms.